The van der Waals surface area contributed by atoms with Gasteiger partial charge in [0.05, 0.1) is 0 Å². The lowest BCUT2D eigenvalue weighted by molar-refractivity contribution is 1.29. The van der Waals surface area contributed by atoms with Gasteiger partial charge >= 0.3 is 0 Å². The molecule has 1 nitrogen and oxygen atoms in total. The third-order valence-electron chi connectivity index (χ3n) is 1.29. The number of aromatic nitrogens is 1. The molecule has 0 saturated carbocycles. The van der Waals surface area contributed by atoms with Crippen LogP contribution in [0, 0.1) is 6.92 Å². The van der Waals surface area contributed by atoms with Crippen molar-refractivity contribution in [2.24, 2.45) is 0 Å². The van der Waals surface area contributed by atoms with E-state index in [0.29, 0.717) is 0 Å². The molecule has 0 aromatic carbocycles. The van der Waals surface area contributed by atoms with Gasteiger partial charge in [0, 0.05) is 12.4 Å². The molecule has 0 radical (unpaired) electrons. The summed E-state index contributed by atoms with van der Waals surface area (Å²) in [5.74, 6) is 0. The molecule has 0 aliphatic carbocycles. The summed E-state index contributed by atoms with van der Waals surface area (Å²) < 4.78 is 0. The minimum atomic E-state index is 0.889. The maximum atomic E-state index is 4.00. The van der Waals surface area contributed by atoms with E-state index in [0.717, 1.165) is 8.58 Å². The highest BCUT2D eigenvalue weighted by atomic mass is 31.1. The predicted molar refractivity (Wildman–Crippen MR) is 54.2 cm³/mol. The molecule has 1 aromatic rings. The summed E-state index contributed by atoms with van der Waals surface area (Å²) in [6, 6.07) is 2.08. The van der Waals surface area contributed by atoms with Gasteiger partial charge in [-0.05, 0) is 30.5 Å². The first kappa shape index (κ1) is 10.6. The smallest absolute Gasteiger partial charge is 0.0303 e. The predicted octanol–water partition coefficient (Wildman–Crippen LogP) is 2.35. The van der Waals surface area contributed by atoms with Crippen LogP contribution in [-0.2, 0) is 0 Å². The lowest BCUT2D eigenvalue weighted by Crippen LogP contribution is -1.98. The number of aryl methyl sites for hydroxylation is 1. The normalized spacial score (nSPS) is 9.45. The molecule has 1 unspecified atom stereocenters. The molecule has 0 spiro atoms. The fraction of sp³-hybridized carbons (Fsp3) is 0.444. The van der Waals surface area contributed by atoms with Crippen LogP contribution in [0.3, 0.4) is 0 Å². The first-order valence-corrected chi connectivity index (χ1v) is 5.43. The van der Waals surface area contributed by atoms with Crippen LogP contribution >= 0.6 is 8.58 Å². The van der Waals surface area contributed by atoms with E-state index in [9.17, 15) is 0 Å². The SMILES string of the molecule is CC.CPc1ccncc1C. The van der Waals surface area contributed by atoms with E-state index in [-0.39, 0.29) is 0 Å². The van der Waals surface area contributed by atoms with Crippen molar-refractivity contribution in [2.45, 2.75) is 20.8 Å². The topological polar surface area (TPSA) is 12.9 Å². The monoisotopic (exact) mass is 169 g/mol. The fourth-order valence-corrected chi connectivity index (χ4v) is 1.45. The van der Waals surface area contributed by atoms with E-state index in [1.54, 1.807) is 0 Å². The van der Waals surface area contributed by atoms with Gasteiger partial charge in [-0.25, -0.2) is 0 Å². The quantitative estimate of drug-likeness (QED) is 0.588. The van der Waals surface area contributed by atoms with Gasteiger partial charge in [-0.1, -0.05) is 22.4 Å². The summed E-state index contributed by atoms with van der Waals surface area (Å²) in [4.78, 5) is 4.00. The van der Waals surface area contributed by atoms with Gasteiger partial charge < -0.3 is 0 Å². The minimum Gasteiger partial charge on any atom is -0.264 e. The van der Waals surface area contributed by atoms with Gasteiger partial charge in [0.2, 0.25) is 0 Å². The lowest BCUT2D eigenvalue weighted by atomic mass is 10.3. The lowest BCUT2D eigenvalue weighted by Gasteiger charge is -1.97. The van der Waals surface area contributed by atoms with Crippen molar-refractivity contribution in [3.05, 3.63) is 24.0 Å². The van der Waals surface area contributed by atoms with E-state index in [1.807, 2.05) is 26.2 Å². The second-order valence-electron chi connectivity index (χ2n) is 1.94. The van der Waals surface area contributed by atoms with Crippen LogP contribution in [0.2, 0.25) is 0 Å². The van der Waals surface area contributed by atoms with Crippen molar-refractivity contribution in [3.63, 3.8) is 0 Å². The Labute approximate surface area is 71.0 Å². The van der Waals surface area contributed by atoms with Crippen molar-refractivity contribution in [2.75, 3.05) is 6.66 Å². The second kappa shape index (κ2) is 6.30. The largest absolute Gasteiger partial charge is 0.264 e. The molecule has 0 amide bonds. The summed E-state index contributed by atoms with van der Waals surface area (Å²) in [7, 11) is 0.889. The van der Waals surface area contributed by atoms with E-state index >= 15 is 0 Å². The van der Waals surface area contributed by atoms with Crippen LogP contribution in [0.15, 0.2) is 18.5 Å². The number of hydrogen-bond donors (Lipinski definition) is 0. The van der Waals surface area contributed by atoms with E-state index in [2.05, 4.69) is 24.6 Å². The molecule has 1 heterocycles. The van der Waals surface area contributed by atoms with Gasteiger partial charge in [-0.3, -0.25) is 4.98 Å². The van der Waals surface area contributed by atoms with Crippen molar-refractivity contribution < 1.29 is 0 Å². The Morgan fingerprint density at radius 2 is 2.00 bits per heavy atom. The Hall–Kier alpha value is -0.420. The number of rotatable bonds is 1. The fourth-order valence-electron chi connectivity index (χ4n) is 0.754. The Morgan fingerprint density at radius 1 is 1.36 bits per heavy atom. The molecule has 0 aliphatic heterocycles. The Bertz CT molecular complexity index is 199. The summed E-state index contributed by atoms with van der Waals surface area (Å²) >= 11 is 0. The standard InChI is InChI=1S/C7H10NP.C2H6/c1-6-5-8-4-3-7(6)9-2;1-2/h3-5,9H,1-2H3;1-2H3. The number of nitrogens with zero attached hydrogens (tertiary/aromatic N) is 1. The van der Waals surface area contributed by atoms with Crippen molar-refractivity contribution >= 4 is 13.9 Å². The molecular formula is C9H16NP. The third-order valence-corrected chi connectivity index (χ3v) is 2.39. The Morgan fingerprint density at radius 3 is 2.36 bits per heavy atom. The van der Waals surface area contributed by atoms with E-state index < -0.39 is 0 Å². The summed E-state index contributed by atoms with van der Waals surface area (Å²) in [6.07, 6.45) is 3.75. The average molecular weight is 169 g/mol. The molecule has 1 atom stereocenters. The highest BCUT2D eigenvalue weighted by Crippen LogP contribution is 2.05. The zero-order valence-electron chi connectivity index (χ0n) is 7.68. The van der Waals surface area contributed by atoms with Gasteiger partial charge in [0.25, 0.3) is 0 Å². The van der Waals surface area contributed by atoms with Crippen LogP contribution in [0.25, 0.3) is 0 Å². The third kappa shape index (κ3) is 3.48. The summed E-state index contributed by atoms with van der Waals surface area (Å²) in [5, 5.41) is 1.42. The minimum absolute atomic E-state index is 0.889. The molecular weight excluding hydrogens is 153 g/mol. The van der Waals surface area contributed by atoms with Crippen molar-refractivity contribution in [1.82, 2.24) is 4.98 Å². The first-order chi connectivity index (χ1) is 5.34. The van der Waals surface area contributed by atoms with E-state index in [1.165, 1.54) is 10.9 Å². The molecule has 11 heavy (non-hydrogen) atoms. The summed E-state index contributed by atoms with van der Waals surface area (Å²) in [5.41, 5.74) is 1.30. The highest BCUT2D eigenvalue weighted by molar-refractivity contribution is 7.46. The zero-order chi connectivity index (χ0) is 8.69. The number of pyridine rings is 1. The zero-order valence-corrected chi connectivity index (χ0v) is 8.68. The van der Waals surface area contributed by atoms with Crippen LogP contribution in [0.4, 0.5) is 0 Å². The molecule has 62 valence electrons. The maximum Gasteiger partial charge on any atom is 0.0303 e. The Kier molecular flexibility index (Phi) is 6.06. The maximum absolute atomic E-state index is 4.00. The first-order valence-electron chi connectivity index (χ1n) is 3.93. The van der Waals surface area contributed by atoms with Gasteiger partial charge in [-0.2, -0.15) is 0 Å². The van der Waals surface area contributed by atoms with Crippen molar-refractivity contribution in [3.8, 4) is 0 Å². The molecule has 1 rings (SSSR count). The van der Waals surface area contributed by atoms with Gasteiger partial charge in [-0.15, -0.1) is 0 Å². The van der Waals surface area contributed by atoms with Crippen LogP contribution in [-0.4, -0.2) is 11.6 Å². The molecule has 1 aromatic heterocycles. The molecule has 0 N–H and O–H groups in total. The summed E-state index contributed by atoms with van der Waals surface area (Å²) in [6.45, 7) is 8.28. The van der Waals surface area contributed by atoms with Crippen LogP contribution in [0.1, 0.15) is 19.4 Å². The molecule has 0 fully saturated rings. The van der Waals surface area contributed by atoms with Crippen LogP contribution in [0.5, 0.6) is 0 Å². The molecule has 2 heteroatoms. The second-order valence-corrected chi connectivity index (χ2v) is 2.98. The number of hydrogen-bond acceptors (Lipinski definition) is 1. The molecule has 0 bridgehead atoms. The Balaban J connectivity index is 0.000000461. The average Bonchev–Trinajstić information content (AvgIpc) is 2.09. The van der Waals surface area contributed by atoms with Crippen LogP contribution < -0.4 is 5.30 Å². The van der Waals surface area contributed by atoms with Crippen molar-refractivity contribution in [1.29, 1.82) is 0 Å². The van der Waals surface area contributed by atoms with Gasteiger partial charge in [0.1, 0.15) is 0 Å². The molecule has 0 aliphatic rings. The molecule has 0 saturated heterocycles. The van der Waals surface area contributed by atoms with E-state index in [4.69, 9.17) is 0 Å². The highest BCUT2D eigenvalue weighted by Gasteiger charge is 1.90. The van der Waals surface area contributed by atoms with Gasteiger partial charge in [0.15, 0.2) is 0 Å².